The van der Waals surface area contributed by atoms with Gasteiger partial charge in [-0.3, -0.25) is 4.79 Å². The summed E-state index contributed by atoms with van der Waals surface area (Å²) in [4.78, 5) is 25.3. The predicted octanol–water partition coefficient (Wildman–Crippen LogP) is 1.97. The fourth-order valence-electron chi connectivity index (χ4n) is 2.74. The van der Waals surface area contributed by atoms with Gasteiger partial charge in [-0.2, -0.15) is 11.8 Å². The quantitative estimate of drug-likeness (QED) is 0.837. The molecule has 3 amide bonds. The minimum Gasteiger partial charge on any atom is -0.338 e. The van der Waals surface area contributed by atoms with Crippen LogP contribution in [0.25, 0.3) is 0 Å². The third-order valence-electron chi connectivity index (χ3n) is 4.28. The molecular weight excluding hydrogens is 310 g/mol. The lowest BCUT2D eigenvalue weighted by atomic mass is 10.1. The number of hydrogen-bond acceptors (Lipinski definition) is 3. The molecule has 0 aromatic heterocycles. The van der Waals surface area contributed by atoms with Gasteiger partial charge in [-0.05, 0) is 35.0 Å². The van der Waals surface area contributed by atoms with Crippen LogP contribution in [0.5, 0.6) is 0 Å². The van der Waals surface area contributed by atoms with Crippen LogP contribution in [0.1, 0.15) is 24.0 Å². The van der Waals surface area contributed by atoms with Crippen molar-refractivity contribution in [3.8, 4) is 0 Å². The summed E-state index contributed by atoms with van der Waals surface area (Å²) in [7, 11) is 0. The first-order valence-corrected chi connectivity index (χ1v) is 9.31. The van der Waals surface area contributed by atoms with Gasteiger partial charge in [0.15, 0.2) is 0 Å². The maximum absolute atomic E-state index is 11.7. The summed E-state index contributed by atoms with van der Waals surface area (Å²) in [6, 6.07) is 7.99. The van der Waals surface area contributed by atoms with Crippen molar-refractivity contribution in [2.45, 2.75) is 25.9 Å². The smallest absolute Gasteiger partial charge is 0.315 e. The zero-order valence-electron chi connectivity index (χ0n) is 13.2. The van der Waals surface area contributed by atoms with Crippen molar-refractivity contribution in [2.75, 3.05) is 24.6 Å². The molecule has 2 N–H and O–H groups in total. The average molecular weight is 333 g/mol. The summed E-state index contributed by atoms with van der Waals surface area (Å²) in [5, 5.41) is 5.79. The van der Waals surface area contributed by atoms with Gasteiger partial charge in [0, 0.05) is 32.6 Å². The Morgan fingerprint density at radius 1 is 1.17 bits per heavy atom. The van der Waals surface area contributed by atoms with Gasteiger partial charge in [-0.1, -0.05) is 24.3 Å². The van der Waals surface area contributed by atoms with E-state index in [0.717, 1.165) is 42.1 Å². The number of likely N-dealkylation sites (tertiary alicyclic amines) is 1. The van der Waals surface area contributed by atoms with Gasteiger partial charge in [0.1, 0.15) is 0 Å². The van der Waals surface area contributed by atoms with Crippen molar-refractivity contribution in [3.63, 3.8) is 0 Å². The number of urea groups is 1. The number of nitrogens with one attached hydrogen (secondary N) is 2. The Balaban J connectivity index is 1.40. The third kappa shape index (κ3) is 4.64. The van der Waals surface area contributed by atoms with Crippen molar-refractivity contribution < 1.29 is 9.59 Å². The van der Waals surface area contributed by atoms with Gasteiger partial charge in [-0.25, -0.2) is 4.79 Å². The maximum atomic E-state index is 11.7. The number of carbonyl (C=O) groups is 2. The summed E-state index contributed by atoms with van der Waals surface area (Å²) >= 11 is 1.92. The van der Waals surface area contributed by atoms with Crippen molar-refractivity contribution >= 4 is 23.7 Å². The molecule has 0 atom stereocenters. The van der Waals surface area contributed by atoms with Crippen molar-refractivity contribution in [3.05, 3.63) is 35.4 Å². The second kappa shape index (κ2) is 7.73. The lowest BCUT2D eigenvalue weighted by molar-refractivity contribution is -0.128. The molecule has 2 saturated heterocycles. The molecule has 124 valence electrons. The van der Waals surface area contributed by atoms with E-state index >= 15 is 0 Å². The SMILES string of the molecule is O=C(NCc1ccc(CN2CCCC2=O)cc1)NCC1CSC1. The van der Waals surface area contributed by atoms with Crippen LogP contribution in [-0.2, 0) is 17.9 Å². The number of hydrogen-bond donors (Lipinski definition) is 2. The molecule has 2 heterocycles. The van der Waals surface area contributed by atoms with E-state index in [-0.39, 0.29) is 11.9 Å². The van der Waals surface area contributed by atoms with Crippen molar-refractivity contribution in [2.24, 2.45) is 5.92 Å². The van der Waals surface area contributed by atoms with Crippen LogP contribution >= 0.6 is 11.8 Å². The summed E-state index contributed by atoms with van der Waals surface area (Å²) in [5.74, 6) is 3.19. The Kier molecular flexibility index (Phi) is 5.43. The normalized spacial score (nSPS) is 17.9. The van der Waals surface area contributed by atoms with Gasteiger partial charge in [0.05, 0.1) is 0 Å². The van der Waals surface area contributed by atoms with E-state index in [0.29, 0.717) is 25.4 Å². The molecule has 2 fully saturated rings. The Bertz CT molecular complexity index is 557. The lowest BCUT2D eigenvalue weighted by Crippen LogP contribution is -2.40. The standard InChI is InChI=1S/C17H23N3O2S/c21-16-2-1-7-20(16)10-14-5-3-13(4-6-14)8-18-17(22)19-9-15-11-23-12-15/h3-6,15H,1-2,7-12H2,(H2,18,19,22). The van der Waals surface area contributed by atoms with Crippen LogP contribution in [0.2, 0.25) is 0 Å². The van der Waals surface area contributed by atoms with E-state index in [4.69, 9.17) is 0 Å². The molecule has 6 heteroatoms. The highest BCUT2D eigenvalue weighted by Crippen LogP contribution is 2.23. The average Bonchev–Trinajstić information content (AvgIpc) is 2.90. The molecule has 0 spiro atoms. The minimum absolute atomic E-state index is 0.103. The number of rotatable bonds is 6. The number of benzene rings is 1. The Morgan fingerprint density at radius 3 is 2.52 bits per heavy atom. The number of nitrogens with zero attached hydrogens (tertiary/aromatic N) is 1. The van der Waals surface area contributed by atoms with Gasteiger partial charge in [-0.15, -0.1) is 0 Å². The van der Waals surface area contributed by atoms with E-state index in [1.165, 1.54) is 0 Å². The zero-order chi connectivity index (χ0) is 16.1. The Labute approximate surface area is 141 Å². The molecule has 0 radical (unpaired) electrons. The number of thioether (sulfide) groups is 1. The fraction of sp³-hybridized carbons (Fsp3) is 0.529. The molecule has 2 aliphatic rings. The van der Waals surface area contributed by atoms with Gasteiger partial charge >= 0.3 is 6.03 Å². The van der Waals surface area contributed by atoms with Crippen LogP contribution in [0.4, 0.5) is 4.79 Å². The van der Waals surface area contributed by atoms with Crippen LogP contribution in [0, 0.1) is 5.92 Å². The Hall–Kier alpha value is -1.69. The maximum Gasteiger partial charge on any atom is 0.315 e. The number of carbonyl (C=O) groups excluding carboxylic acids is 2. The fourth-order valence-corrected chi connectivity index (χ4v) is 3.54. The van der Waals surface area contributed by atoms with Crippen LogP contribution in [0.15, 0.2) is 24.3 Å². The molecule has 1 aromatic carbocycles. The second-order valence-corrected chi connectivity index (χ2v) is 7.28. The minimum atomic E-state index is -0.103. The summed E-state index contributed by atoms with van der Waals surface area (Å²) in [5.41, 5.74) is 2.20. The first-order chi connectivity index (χ1) is 11.2. The monoisotopic (exact) mass is 333 g/mol. The third-order valence-corrected chi connectivity index (χ3v) is 5.69. The molecule has 5 nitrogen and oxygen atoms in total. The molecule has 0 bridgehead atoms. The first-order valence-electron chi connectivity index (χ1n) is 8.16. The second-order valence-electron chi connectivity index (χ2n) is 6.20. The van der Waals surface area contributed by atoms with Crippen LogP contribution < -0.4 is 10.6 Å². The molecule has 0 aliphatic carbocycles. The van der Waals surface area contributed by atoms with E-state index < -0.39 is 0 Å². The summed E-state index contributed by atoms with van der Waals surface area (Å²) < 4.78 is 0. The molecular formula is C17H23N3O2S. The lowest BCUT2D eigenvalue weighted by Gasteiger charge is -2.24. The van der Waals surface area contributed by atoms with E-state index in [9.17, 15) is 9.59 Å². The largest absolute Gasteiger partial charge is 0.338 e. The Morgan fingerprint density at radius 2 is 1.91 bits per heavy atom. The highest BCUT2D eigenvalue weighted by atomic mass is 32.2. The van der Waals surface area contributed by atoms with Crippen LogP contribution in [0.3, 0.4) is 0 Å². The molecule has 23 heavy (non-hydrogen) atoms. The van der Waals surface area contributed by atoms with Crippen LogP contribution in [-0.4, -0.2) is 41.4 Å². The highest BCUT2D eigenvalue weighted by molar-refractivity contribution is 8.00. The van der Waals surface area contributed by atoms with E-state index in [2.05, 4.69) is 10.6 Å². The summed E-state index contributed by atoms with van der Waals surface area (Å²) in [6.07, 6.45) is 1.64. The molecule has 3 rings (SSSR count). The molecule has 0 unspecified atom stereocenters. The topological polar surface area (TPSA) is 61.4 Å². The van der Waals surface area contributed by atoms with Gasteiger partial charge in [0.25, 0.3) is 0 Å². The van der Waals surface area contributed by atoms with Crippen molar-refractivity contribution in [1.29, 1.82) is 0 Å². The van der Waals surface area contributed by atoms with E-state index in [1.807, 2.05) is 40.9 Å². The first kappa shape index (κ1) is 16.2. The number of amides is 3. The molecule has 1 aromatic rings. The molecule has 0 saturated carbocycles. The summed E-state index contributed by atoms with van der Waals surface area (Å²) in [6.45, 7) is 2.84. The predicted molar refractivity (Wildman–Crippen MR) is 92.1 cm³/mol. The van der Waals surface area contributed by atoms with E-state index in [1.54, 1.807) is 0 Å². The van der Waals surface area contributed by atoms with Crippen molar-refractivity contribution in [1.82, 2.24) is 15.5 Å². The zero-order valence-corrected chi connectivity index (χ0v) is 14.0. The van der Waals surface area contributed by atoms with Gasteiger partial charge < -0.3 is 15.5 Å². The molecule has 2 aliphatic heterocycles. The van der Waals surface area contributed by atoms with Gasteiger partial charge in [0.2, 0.25) is 5.91 Å². The highest BCUT2D eigenvalue weighted by Gasteiger charge is 2.20.